The number of benzene rings is 2. The van der Waals surface area contributed by atoms with Crippen LogP contribution in [0.3, 0.4) is 0 Å². The molecule has 0 atom stereocenters. The number of imidazole rings is 1. The molecule has 7 nitrogen and oxygen atoms in total. The zero-order chi connectivity index (χ0) is 27.6. The van der Waals surface area contributed by atoms with Crippen molar-refractivity contribution in [2.75, 3.05) is 38.5 Å². The third-order valence-corrected chi connectivity index (χ3v) is 6.53. The summed E-state index contributed by atoms with van der Waals surface area (Å²) in [6, 6.07) is 7.38. The number of aromatic nitrogens is 3. The van der Waals surface area contributed by atoms with Gasteiger partial charge in [-0.3, -0.25) is 19.1 Å². The number of likely N-dealkylation sites (N-methyl/N-ethyl adjacent to an activating group) is 1. The van der Waals surface area contributed by atoms with E-state index in [-0.39, 0.29) is 28.9 Å². The van der Waals surface area contributed by atoms with E-state index < -0.39 is 23.5 Å². The van der Waals surface area contributed by atoms with Crippen LogP contribution in [0.4, 0.5) is 23.2 Å². The average Bonchev–Trinajstić information content (AvgIpc) is 3.33. The third kappa shape index (κ3) is 6.08. The number of carbonyl (C=O) groups excluding carboxylic acids is 1. The van der Waals surface area contributed by atoms with Crippen LogP contribution < -0.4 is 5.32 Å². The largest absolute Gasteiger partial charge is 0.416 e. The molecule has 0 bridgehead atoms. The van der Waals surface area contributed by atoms with Crippen molar-refractivity contribution in [1.82, 2.24) is 24.2 Å². The van der Waals surface area contributed by atoms with Gasteiger partial charge in [-0.2, -0.15) is 13.2 Å². The highest BCUT2D eigenvalue weighted by Gasteiger charge is 2.34. The van der Waals surface area contributed by atoms with Gasteiger partial charge in [-0.1, -0.05) is 12.0 Å². The Labute approximate surface area is 222 Å². The summed E-state index contributed by atoms with van der Waals surface area (Å²) in [6.07, 6.45) is 1.71. The summed E-state index contributed by atoms with van der Waals surface area (Å²) in [5, 5.41) is 2.50. The number of hydrogen-bond donors (Lipinski definition) is 1. The minimum absolute atomic E-state index is 0.00856. The molecule has 4 aromatic rings. The van der Waals surface area contributed by atoms with Gasteiger partial charge in [-0.25, -0.2) is 9.37 Å². The number of amides is 1. The Morgan fingerprint density at radius 1 is 1.05 bits per heavy atom. The maximum absolute atomic E-state index is 14.4. The summed E-state index contributed by atoms with van der Waals surface area (Å²) in [4.78, 5) is 25.1. The molecular weight excluding hydrogens is 512 g/mol. The Kier molecular flexibility index (Phi) is 7.32. The molecule has 39 heavy (non-hydrogen) atoms. The molecule has 1 N–H and O–H groups in total. The van der Waals surface area contributed by atoms with Crippen LogP contribution in [0.15, 0.2) is 61.2 Å². The summed E-state index contributed by atoms with van der Waals surface area (Å²) in [5.41, 5.74) is 0.427. The van der Waals surface area contributed by atoms with Crippen molar-refractivity contribution in [2.24, 2.45) is 0 Å². The molecule has 11 heteroatoms. The lowest BCUT2D eigenvalue weighted by Crippen LogP contribution is -2.44. The van der Waals surface area contributed by atoms with Crippen LogP contribution in [0, 0.1) is 17.7 Å². The average molecular weight is 537 g/mol. The van der Waals surface area contributed by atoms with Gasteiger partial charge in [0.05, 0.1) is 23.5 Å². The van der Waals surface area contributed by atoms with Crippen LogP contribution in [0.1, 0.15) is 32.7 Å². The second kappa shape index (κ2) is 10.8. The van der Waals surface area contributed by atoms with Gasteiger partial charge in [0.1, 0.15) is 11.5 Å². The van der Waals surface area contributed by atoms with E-state index in [2.05, 4.69) is 32.0 Å². The predicted molar refractivity (Wildman–Crippen MR) is 138 cm³/mol. The molecule has 1 saturated heterocycles. The molecule has 0 radical (unpaired) electrons. The number of nitrogens with one attached hydrogen (secondary N) is 1. The molecule has 3 heterocycles. The van der Waals surface area contributed by atoms with Gasteiger partial charge in [-0.05, 0) is 48.9 Å². The zero-order valence-electron chi connectivity index (χ0n) is 21.0. The Bertz CT molecular complexity index is 1580. The molecule has 1 fully saturated rings. The van der Waals surface area contributed by atoms with Gasteiger partial charge in [0.15, 0.2) is 5.65 Å². The molecule has 0 saturated carbocycles. The number of alkyl halides is 3. The molecule has 2 aromatic carbocycles. The van der Waals surface area contributed by atoms with Crippen molar-refractivity contribution in [3.63, 3.8) is 0 Å². The molecule has 0 spiro atoms. The number of hydrogen-bond acceptors (Lipinski definition) is 5. The van der Waals surface area contributed by atoms with Gasteiger partial charge < -0.3 is 10.2 Å². The third-order valence-electron chi connectivity index (χ3n) is 6.53. The van der Waals surface area contributed by atoms with E-state index in [1.54, 1.807) is 23.0 Å². The Morgan fingerprint density at radius 2 is 1.85 bits per heavy atom. The number of carbonyl (C=O) groups is 1. The lowest BCUT2D eigenvalue weighted by Gasteiger charge is -2.33. The minimum Gasteiger partial charge on any atom is -0.322 e. The fourth-order valence-corrected chi connectivity index (χ4v) is 4.33. The van der Waals surface area contributed by atoms with Crippen molar-refractivity contribution in [3.8, 4) is 11.8 Å². The smallest absolute Gasteiger partial charge is 0.322 e. The van der Waals surface area contributed by atoms with E-state index >= 15 is 0 Å². The first kappa shape index (κ1) is 26.3. The number of halogens is 4. The maximum atomic E-state index is 14.4. The van der Waals surface area contributed by atoms with Gasteiger partial charge in [0, 0.05) is 56.4 Å². The number of nitrogens with zero attached hydrogens (tertiary/aromatic N) is 5. The fourth-order valence-electron chi connectivity index (χ4n) is 4.33. The summed E-state index contributed by atoms with van der Waals surface area (Å²) in [5.74, 6) is 4.21. The van der Waals surface area contributed by atoms with Crippen LogP contribution in [-0.2, 0) is 12.7 Å². The molecule has 0 unspecified atom stereocenters. The van der Waals surface area contributed by atoms with E-state index in [0.717, 1.165) is 25.2 Å². The molecule has 200 valence electrons. The molecule has 1 aliphatic heterocycles. The highest BCUT2D eigenvalue weighted by Crippen LogP contribution is 2.34. The lowest BCUT2D eigenvalue weighted by atomic mass is 10.0. The fraction of sp³-hybridized carbons (Fsp3) is 0.250. The highest BCUT2D eigenvalue weighted by atomic mass is 19.4. The van der Waals surface area contributed by atoms with Crippen LogP contribution in [0.25, 0.3) is 5.65 Å². The van der Waals surface area contributed by atoms with Gasteiger partial charge >= 0.3 is 6.18 Å². The number of anilines is 1. The van der Waals surface area contributed by atoms with E-state index in [1.807, 2.05) is 11.9 Å². The number of rotatable bonds is 4. The van der Waals surface area contributed by atoms with Crippen LogP contribution in [-0.4, -0.2) is 63.3 Å². The second-order valence-electron chi connectivity index (χ2n) is 9.30. The first-order chi connectivity index (χ1) is 18.7. The van der Waals surface area contributed by atoms with E-state index in [4.69, 9.17) is 0 Å². The summed E-state index contributed by atoms with van der Waals surface area (Å²) >= 11 is 0. The standard InChI is InChI=1S/C28H24F4N6O/c1-36-10-12-37(13-11-36)18-21-2-5-22(15-24(21)28(30,31)32)35-27(39)20-4-7-25(29)19(14-20)3-6-23-16-34-26-17-33-8-9-38(23)26/h2,4-5,7-9,14-17H,10-13,18H2,1H3,(H,35,39). The highest BCUT2D eigenvalue weighted by molar-refractivity contribution is 6.04. The maximum Gasteiger partial charge on any atom is 0.416 e. The predicted octanol–water partition coefficient (Wildman–Crippen LogP) is 4.29. The Hall–Kier alpha value is -4.27. The van der Waals surface area contributed by atoms with Gasteiger partial charge in [0.25, 0.3) is 5.91 Å². The van der Waals surface area contributed by atoms with Crippen LogP contribution in [0.5, 0.6) is 0 Å². The topological polar surface area (TPSA) is 65.8 Å². The molecule has 5 rings (SSSR count). The quantitative estimate of drug-likeness (QED) is 0.312. The van der Waals surface area contributed by atoms with Crippen molar-refractivity contribution in [3.05, 3.63) is 95.0 Å². The van der Waals surface area contributed by atoms with E-state index in [1.165, 1.54) is 30.5 Å². The van der Waals surface area contributed by atoms with Crippen molar-refractivity contribution < 1.29 is 22.4 Å². The second-order valence-corrected chi connectivity index (χ2v) is 9.30. The normalized spacial score (nSPS) is 14.7. The monoisotopic (exact) mass is 536 g/mol. The van der Waals surface area contributed by atoms with E-state index in [0.29, 0.717) is 24.4 Å². The van der Waals surface area contributed by atoms with Crippen LogP contribution >= 0.6 is 0 Å². The van der Waals surface area contributed by atoms with Crippen molar-refractivity contribution >= 4 is 17.2 Å². The van der Waals surface area contributed by atoms with Crippen LogP contribution in [0.2, 0.25) is 0 Å². The summed E-state index contributed by atoms with van der Waals surface area (Å²) in [7, 11) is 1.98. The molecule has 2 aromatic heterocycles. The Morgan fingerprint density at radius 3 is 2.62 bits per heavy atom. The number of piperazine rings is 1. The van der Waals surface area contributed by atoms with Gasteiger partial charge in [0.2, 0.25) is 0 Å². The minimum atomic E-state index is -4.59. The van der Waals surface area contributed by atoms with E-state index in [9.17, 15) is 22.4 Å². The first-order valence-corrected chi connectivity index (χ1v) is 12.2. The number of fused-ring (bicyclic) bond motifs is 1. The lowest BCUT2D eigenvalue weighted by molar-refractivity contribution is -0.138. The molecule has 1 amide bonds. The zero-order valence-corrected chi connectivity index (χ0v) is 21.0. The van der Waals surface area contributed by atoms with Crippen molar-refractivity contribution in [1.29, 1.82) is 0 Å². The van der Waals surface area contributed by atoms with Crippen molar-refractivity contribution in [2.45, 2.75) is 12.7 Å². The molecule has 1 aliphatic rings. The summed E-state index contributed by atoms with van der Waals surface area (Å²) in [6.45, 7) is 3.10. The van der Waals surface area contributed by atoms with Gasteiger partial charge in [-0.15, -0.1) is 0 Å². The first-order valence-electron chi connectivity index (χ1n) is 12.2. The Balaban J connectivity index is 1.35. The molecular formula is C28H24F4N6O. The SMILES string of the molecule is CN1CCN(Cc2ccc(NC(=O)c3ccc(F)c(C#Cc4cnc5cnccn45)c3)cc2C(F)(F)F)CC1. The summed E-state index contributed by atoms with van der Waals surface area (Å²) < 4.78 is 57.8. The molecule has 0 aliphatic carbocycles.